The molecule has 2 aromatic heterocycles. The van der Waals surface area contributed by atoms with Crippen LogP contribution in [0.5, 0.6) is 0 Å². The van der Waals surface area contributed by atoms with Gasteiger partial charge in [-0.25, -0.2) is 18.4 Å². The molecule has 0 spiro atoms. The molecule has 216 valence electrons. The van der Waals surface area contributed by atoms with Crippen LogP contribution in [0.4, 0.5) is 19.4 Å². The number of hydrogen-bond acceptors (Lipinski definition) is 7. The molecule has 1 N–H and O–H groups in total. The van der Waals surface area contributed by atoms with E-state index >= 15 is 8.78 Å². The number of aliphatic hydroxyl groups excluding tert-OH is 1. The third-order valence-electron chi connectivity index (χ3n) is 6.62. The van der Waals surface area contributed by atoms with Gasteiger partial charge in [0.1, 0.15) is 22.0 Å². The molecule has 0 unspecified atom stereocenters. The number of anilines is 1. The van der Waals surface area contributed by atoms with Crippen molar-refractivity contribution >= 4 is 50.3 Å². The van der Waals surface area contributed by atoms with Gasteiger partial charge in [-0.15, -0.1) is 0 Å². The van der Waals surface area contributed by atoms with E-state index in [1.807, 2.05) is 13.8 Å². The molecule has 13 heteroatoms. The molecule has 40 heavy (non-hydrogen) atoms. The van der Waals surface area contributed by atoms with Crippen LogP contribution in [0.2, 0.25) is 5.02 Å². The molecular weight excluding hydrogens is 612 g/mol. The van der Waals surface area contributed by atoms with E-state index in [0.717, 1.165) is 4.57 Å². The second-order valence-corrected chi connectivity index (χ2v) is 12.2. The summed E-state index contributed by atoms with van der Waals surface area (Å²) in [6.45, 7) is 10.6. The molecule has 3 aromatic rings. The van der Waals surface area contributed by atoms with Gasteiger partial charge in [0, 0.05) is 25.8 Å². The lowest BCUT2D eigenvalue weighted by atomic mass is 10.0. The van der Waals surface area contributed by atoms with Crippen LogP contribution in [0.3, 0.4) is 0 Å². The maximum Gasteiger partial charge on any atom is 0.410 e. The highest BCUT2D eigenvalue weighted by Gasteiger charge is 2.36. The first-order valence-electron chi connectivity index (χ1n) is 12.8. The molecular formula is C27H31BrClF2N5O4. The van der Waals surface area contributed by atoms with Crippen LogP contribution in [0.1, 0.15) is 51.8 Å². The van der Waals surface area contributed by atoms with Gasteiger partial charge in [-0.3, -0.25) is 9.55 Å². The third-order valence-corrected chi connectivity index (χ3v) is 7.70. The average molecular weight is 643 g/mol. The molecule has 0 aliphatic carbocycles. The lowest BCUT2D eigenvalue weighted by Gasteiger charge is -2.42. The summed E-state index contributed by atoms with van der Waals surface area (Å²) in [7, 11) is 0. The first kappa shape index (κ1) is 30.1. The maximum atomic E-state index is 15.9. The first-order chi connectivity index (χ1) is 18.7. The number of ether oxygens (including phenoxy) is 1. The van der Waals surface area contributed by atoms with E-state index < -0.39 is 46.7 Å². The second-order valence-electron chi connectivity index (χ2n) is 11.0. The zero-order valence-corrected chi connectivity index (χ0v) is 25.4. The monoisotopic (exact) mass is 641 g/mol. The van der Waals surface area contributed by atoms with E-state index in [9.17, 15) is 14.7 Å². The zero-order valence-electron chi connectivity index (χ0n) is 23.1. The van der Waals surface area contributed by atoms with Crippen molar-refractivity contribution in [2.75, 3.05) is 31.1 Å². The number of halogens is 4. The fourth-order valence-corrected chi connectivity index (χ4v) is 5.67. The predicted molar refractivity (Wildman–Crippen MR) is 153 cm³/mol. The van der Waals surface area contributed by atoms with Crippen LogP contribution in [0, 0.1) is 18.6 Å². The molecule has 1 aromatic carbocycles. The van der Waals surface area contributed by atoms with Crippen molar-refractivity contribution in [2.45, 2.75) is 59.1 Å². The van der Waals surface area contributed by atoms with Crippen molar-refractivity contribution in [3.63, 3.8) is 0 Å². The second kappa shape index (κ2) is 11.2. The Morgan fingerprint density at radius 3 is 2.55 bits per heavy atom. The molecule has 0 saturated carbocycles. The Labute approximate surface area is 243 Å². The fraction of sp³-hybridized carbons (Fsp3) is 0.481. The minimum atomic E-state index is -1.14. The molecule has 0 bridgehead atoms. The van der Waals surface area contributed by atoms with Crippen molar-refractivity contribution < 1.29 is 23.4 Å². The van der Waals surface area contributed by atoms with Gasteiger partial charge in [0.15, 0.2) is 11.6 Å². The highest BCUT2D eigenvalue weighted by Crippen LogP contribution is 2.41. The van der Waals surface area contributed by atoms with Gasteiger partial charge >= 0.3 is 11.8 Å². The van der Waals surface area contributed by atoms with E-state index in [2.05, 4.69) is 25.9 Å². The standard InChI is InChI=1S/C27H31BrClF2N5O4/c1-13(2)21-22(14(3)7-8-32-21)36-23-16(17(28)19(30)18(29)20(23)31)24(33-25(36)38)35-10-9-34(11-15(35)12-37)26(39)40-27(4,5)6/h7-8,13,15,37H,9-12H2,1-6H3/t15-/m1/s1. The largest absolute Gasteiger partial charge is 0.444 e. The molecule has 1 fully saturated rings. The van der Waals surface area contributed by atoms with Gasteiger partial charge in [0.05, 0.1) is 33.9 Å². The lowest BCUT2D eigenvalue weighted by molar-refractivity contribution is 0.0197. The summed E-state index contributed by atoms with van der Waals surface area (Å²) in [6.07, 6.45) is 1.04. The highest BCUT2D eigenvalue weighted by molar-refractivity contribution is 9.10. The van der Waals surface area contributed by atoms with E-state index in [4.69, 9.17) is 16.3 Å². The Hall–Kier alpha value is -2.83. The lowest BCUT2D eigenvalue weighted by Crippen LogP contribution is -2.57. The zero-order chi connectivity index (χ0) is 29.7. The van der Waals surface area contributed by atoms with Crippen molar-refractivity contribution in [3.05, 3.63) is 55.1 Å². The van der Waals surface area contributed by atoms with Crippen molar-refractivity contribution in [3.8, 4) is 5.69 Å². The van der Waals surface area contributed by atoms with Gasteiger partial charge in [-0.05, 0) is 61.2 Å². The SMILES string of the molecule is Cc1ccnc(C(C)C)c1-n1c(=O)nc(N2CCN(C(=O)OC(C)(C)C)C[C@@H]2CO)c2c(Br)c(F)c(Cl)c(F)c21. The van der Waals surface area contributed by atoms with E-state index in [0.29, 0.717) is 16.9 Å². The van der Waals surface area contributed by atoms with Crippen LogP contribution >= 0.6 is 27.5 Å². The smallest absolute Gasteiger partial charge is 0.410 e. The summed E-state index contributed by atoms with van der Waals surface area (Å²) in [4.78, 5) is 38.2. The number of aliphatic hydroxyl groups is 1. The summed E-state index contributed by atoms with van der Waals surface area (Å²) in [5, 5.41) is 9.44. The number of piperazine rings is 1. The molecule has 1 amide bonds. The van der Waals surface area contributed by atoms with Gasteiger partial charge in [-0.2, -0.15) is 4.98 Å². The molecule has 3 heterocycles. The Kier molecular flexibility index (Phi) is 8.45. The number of aryl methyl sites for hydroxylation is 1. The van der Waals surface area contributed by atoms with Crippen molar-refractivity contribution in [1.29, 1.82) is 0 Å². The number of carbonyl (C=O) groups excluding carboxylic acids is 1. The number of rotatable bonds is 4. The minimum Gasteiger partial charge on any atom is -0.444 e. The van der Waals surface area contributed by atoms with Gasteiger partial charge in [0.25, 0.3) is 0 Å². The molecule has 9 nitrogen and oxygen atoms in total. The van der Waals surface area contributed by atoms with Crippen LogP contribution in [0.15, 0.2) is 21.5 Å². The Morgan fingerprint density at radius 2 is 1.95 bits per heavy atom. The summed E-state index contributed by atoms with van der Waals surface area (Å²) in [5.74, 6) is -2.38. The molecule has 1 saturated heterocycles. The molecule has 1 atom stereocenters. The Bertz CT molecular complexity index is 1540. The summed E-state index contributed by atoms with van der Waals surface area (Å²) >= 11 is 9.29. The van der Waals surface area contributed by atoms with Gasteiger partial charge in [0.2, 0.25) is 0 Å². The number of nitrogens with zero attached hydrogens (tertiary/aromatic N) is 5. The molecule has 0 radical (unpaired) electrons. The topological polar surface area (TPSA) is 101 Å². The van der Waals surface area contributed by atoms with Gasteiger partial charge in [-0.1, -0.05) is 25.4 Å². The molecule has 1 aliphatic rings. The number of benzene rings is 1. The highest BCUT2D eigenvalue weighted by atomic mass is 79.9. The number of aromatic nitrogens is 3. The van der Waals surface area contributed by atoms with E-state index in [1.54, 1.807) is 44.9 Å². The van der Waals surface area contributed by atoms with Gasteiger partial charge < -0.3 is 19.6 Å². The Balaban J connectivity index is 1.97. The number of carbonyl (C=O) groups is 1. The molecule has 4 rings (SSSR count). The quantitative estimate of drug-likeness (QED) is 0.304. The fourth-order valence-electron chi connectivity index (χ4n) is 4.81. The summed E-state index contributed by atoms with van der Waals surface area (Å²) < 4.78 is 37.5. The predicted octanol–water partition coefficient (Wildman–Crippen LogP) is 5.32. The first-order valence-corrected chi connectivity index (χ1v) is 13.9. The minimum absolute atomic E-state index is 0.0348. The normalized spacial score (nSPS) is 16.2. The summed E-state index contributed by atoms with van der Waals surface area (Å²) in [6, 6.07) is 0.940. The van der Waals surface area contributed by atoms with E-state index in [-0.39, 0.29) is 46.7 Å². The van der Waals surface area contributed by atoms with Crippen LogP contribution in [-0.2, 0) is 4.74 Å². The Morgan fingerprint density at radius 1 is 1.27 bits per heavy atom. The van der Waals surface area contributed by atoms with Crippen molar-refractivity contribution in [1.82, 2.24) is 19.4 Å². The summed E-state index contributed by atoms with van der Waals surface area (Å²) in [5.41, 5.74) is -0.352. The number of pyridine rings is 1. The number of amides is 1. The van der Waals surface area contributed by atoms with E-state index in [1.165, 1.54) is 4.90 Å². The van der Waals surface area contributed by atoms with Crippen LogP contribution in [-0.4, -0.2) is 68.5 Å². The molecule has 1 aliphatic heterocycles. The van der Waals surface area contributed by atoms with Crippen LogP contribution in [0.25, 0.3) is 16.6 Å². The maximum absolute atomic E-state index is 15.9. The van der Waals surface area contributed by atoms with Crippen LogP contribution < -0.4 is 10.6 Å². The number of hydrogen-bond donors (Lipinski definition) is 1. The third kappa shape index (κ3) is 5.40. The average Bonchev–Trinajstić information content (AvgIpc) is 2.88. The van der Waals surface area contributed by atoms with Crippen molar-refractivity contribution in [2.24, 2.45) is 0 Å². The number of fused-ring (bicyclic) bond motifs is 1.